The Hall–Kier alpha value is -0.200. The maximum atomic E-state index is 5.64. The number of nitrogens with zero attached hydrogens (tertiary/aromatic N) is 4. The molecule has 2 aliphatic rings. The predicted octanol–water partition coefficient (Wildman–Crippen LogP) is 1.69. The molecule has 25 heavy (non-hydrogen) atoms. The molecule has 5 nitrogen and oxygen atoms in total. The molecule has 5 heteroatoms. The number of hydrogen-bond acceptors (Lipinski definition) is 5. The van der Waals surface area contributed by atoms with Gasteiger partial charge in [0.05, 0.1) is 5.60 Å². The van der Waals surface area contributed by atoms with Crippen LogP contribution in [0.15, 0.2) is 0 Å². The SMILES string of the molecule is COC(C)(C)CC(C)(C)CN1CCN(CCN2CCN(C)CC2)CC1. The molecule has 0 saturated carbocycles. The average Bonchev–Trinajstić information content (AvgIpc) is 2.54. The Morgan fingerprint density at radius 3 is 1.64 bits per heavy atom. The molecule has 0 N–H and O–H groups in total. The van der Waals surface area contributed by atoms with Crippen LogP contribution in [0.4, 0.5) is 0 Å². The van der Waals surface area contributed by atoms with Crippen molar-refractivity contribution in [3.63, 3.8) is 0 Å². The predicted molar refractivity (Wildman–Crippen MR) is 106 cm³/mol. The summed E-state index contributed by atoms with van der Waals surface area (Å²) in [4.78, 5) is 10.4. The van der Waals surface area contributed by atoms with Gasteiger partial charge in [0, 0.05) is 79.1 Å². The minimum Gasteiger partial charge on any atom is -0.379 e. The highest BCUT2D eigenvalue weighted by atomic mass is 16.5. The van der Waals surface area contributed by atoms with Crippen molar-refractivity contribution in [2.24, 2.45) is 5.41 Å². The summed E-state index contributed by atoms with van der Waals surface area (Å²) in [6.45, 7) is 22.6. The van der Waals surface area contributed by atoms with Crippen molar-refractivity contribution in [2.45, 2.75) is 39.7 Å². The summed E-state index contributed by atoms with van der Waals surface area (Å²) < 4.78 is 5.64. The van der Waals surface area contributed by atoms with E-state index >= 15 is 0 Å². The fourth-order valence-corrected chi connectivity index (χ4v) is 4.41. The van der Waals surface area contributed by atoms with Gasteiger partial charge in [0.2, 0.25) is 0 Å². The summed E-state index contributed by atoms with van der Waals surface area (Å²) in [5, 5.41) is 0. The quantitative estimate of drug-likeness (QED) is 0.660. The highest BCUT2D eigenvalue weighted by molar-refractivity contribution is 4.84. The summed E-state index contributed by atoms with van der Waals surface area (Å²) in [5.74, 6) is 0. The van der Waals surface area contributed by atoms with Crippen molar-refractivity contribution in [3.05, 3.63) is 0 Å². The van der Waals surface area contributed by atoms with Gasteiger partial charge < -0.3 is 14.5 Å². The molecular weight excluding hydrogens is 312 g/mol. The maximum absolute atomic E-state index is 5.64. The van der Waals surface area contributed by atoms with Crippen LogP contribution in [-0.2, 0) is 4.74 Å². The van der Waals surface area contributed by atoms with Crippen LogP contribution < -0.4 is 0 Å². The van der Waals surface area contributed by atoms with Gasteiger partial charge in [-0.05, 0) is 32.7 Å². The summed E-state index contributed by atoms with van der Waals surface area (Å²) in [5.41, 5.74) is 0.259. The largest absolute Gasteiger partial charge is 0.379 e. The third-order valence-electron chi connectivity index (χ3n) is 5.90. The minimum absolute atomic E-state index is 0.0339. The second-order valence-corrected chi connectivity index (χ2v) is 9.57. The Kier molecular flexibility index (Phi) is 7.71. The molecule has 2 heterocycles. The molecule has 0 aromatic heterocycles. The lowest BCUT2D eigenvalue weighted by molar-refractivity contribution is -0.0235. The zero-order valence-corrected chi connectivity index (χ0v) is 17.7. The van der Waals surface area contributed by atoms with Gasteiger partial charge in [-0.3, -0.25) is 9.80 Å². The van der Waals surface area contributed by atoms with Crippen molar-refractivity contribution in [2.75, 3.05) is 86.1 Å². The van der Waals surface area contributed by atoms with E-state index in [2.05, 4.69) is 54.3 Å². The van der Waals surface area contributed by atoms with Gasteiger partial charge in [-0.2, -0.15) is 0 Å². The Morgan fingerprint density at radius 2 is 1.16 bits per heavy atom. The van der Waals surface area contributed by atoms with Crippen LogP contribution in [-0.4, -0.2) is 111 Å². The molecular formula is C20H42N4O. The summed E-state index contributed by atoms with van der Waals surface area (Å²) in [6, 6.07) is 0. The monoisotopic (exact) mass is 354 g/mol. The number of hydrogen-bond donors (Lipinski definition) is 0. The number of piperazine rings is 2. The fraction of sp³-hybridized carbons (Fsp3) is 1.00. The van der Waals surface area contributed by atoms with Crippen LogP contribution in [0.3, 0.4) is 0 Å². The van der Waals surface area contributed by atoms with Gasteiger partial charge in [0.1, 0.15) is 0 Å². The maximum Gasteiger partial charge on any atom is 0.0628 e. The van der Waals surface area contributed by atoms with Crippen molar-refractivity contribution >= 4 is 0 Å². The first-order valence-electron chi connectivity index (χ1n) is 10.1. The number of ether oxygens (including phenoxy) is 1. The summed E-state index contributed by atoms with van der Waals surface area (Å²) in [7, 11) is 4.06. The van der Waals surface area contributed by atoms with Gasteiger partial charge >= 0.3 is 0 Å². The lowest BCUT2D eigenvalue weighted by Crippen LogP contribution is -2.52. The molecule has 0 bridgehead atoms. The highest BCUT2D eigenvalue weighted by Gasteiger charge is 2.31. The molecule has 0 aromatic carbocycles. The third-order valence-corrected chi connectivity index (χ3v) is 5.90. The fourth-order valence-electron chi connectivity index (χ4n) is 4.41. The Labute approximate surface area is 156 Å². The van der Waals surface area contributed by atoms with Crippen molar-refractivity contribution in [3.8, 4) is 0 Å². The molecule has 2 fully saturated rings. The van der Waals surface area contributed by atoms with E-state index in [0.29, 0.717) is 5.41 Å². The van der Waals surface area contributed by atoms with E-state index in [1.807, 2.05) is 7.11 Å². The van der Waals surface area contributed by atoms with Crippen LogP contribution in [0, 0.1) is 5.41 Å². The van der Waals surface area contributed by atoms with Crippen LogP contribution in [0.25, 0.3) is 0 Å². The molecule has 0 spiro atoms. The molecule has 2 saturated heterocycles. The van der Waals surface area contributed by atoms with Gasteiger partial charge in [0.25, 0.3) is 0 Å². The highest BCUT2D eigenvalue weighted by Crippen LogP contribution is 2.30. The molecule has 0 radical (unpaired) electrons. The van der Waals surface area contributed by atoms with E-state index in [4.69, 9.17) is 4.74 Å². The van der Waals surface area contributed by atoms with Crippen molar-refractivity contribution in [1.82, 2.24) is 19.6 Å². The normalized spacial score (nSPS) is 23.3. The van der Waals surface area contributed by atoms with E-state index in [0.717, 1.165) is 6.42 Å². The van der Waals surface area contributed by atoms with Gasteiger partial charge in [-0.1, -0.05) is 13.8 Å². The van der Waals surface area contributed by atoms with Crippen LogP contribution in [0.2, 0.25) is 0 Å². The van der Waals surface area contributed by atoms with Crippen molar-refractivity contribution < 1.29 is 4.74 Å². The van der Waals surface area contributed by atoms with Crippen molar-refractivity contribution in [1.29, 1.82) is 0 Å². The van der Waals surface area contributed by atoms with E-state index < -0.39 is 0 Å². The first-order chi connectivity index (χ1) is 11.7. The van der Waals surface area contributed by atoms with Crippen LogP contribution >= 0.6 is 0 Å². The van der Waals surface area contributed by atoms with Gasteiger partial charge in [-0.25, -0.2) is 0 Å². The Morgan fingerprint density at radius 1 is 0.720 bits per heavy atom. The lowest BCUT2D eigenvalue weighted by Gasteiger charge is -2.42. The first kappa shape index (κ1) is 21.1. The standard InChI is InChI=1S/C20H42N4O/c1-19(2,17-20(3,4)25-6)18-24-15-13-23(14-16-24)12-11-22-9-7-21(5)8-10-22/h7-18H2,1-6H3. The van der Waals surface area contributed by atoms with E-state index in [1.54, 1.807) is 0 Å². The molecule has 0 amide bonds. The molecule has 0 aromatic rings. The smallest absolute Gasteiger partial charge is 0.0628 e. The summed E-state index contributed by atoms with van der Waals surface area (Å²) in [6.07, 6.45) is 1.10. The zero-order chi connectivity index (χ0) is 18.5. The molecule has 0 aliphatic carbocycles. The molecule has 0 atom stereocenters. The molecule has 148 valence electrons. The minimum atomic E-state index is -0.0339. The van der Waals surface area contributed by atoms with Gasteiger partial charge in [0.15, 0.2) is 0 Å². The topological polar surface area (TPSA) is 22.2 Å². The molecule has 2 aliphatic heterocycles. The second kappa shape index (κ2) is 9.14. The Balaban J connectivity index is 1.65. The van der Waals surface area contributed by atoms with E-state index in [9.17, 15) is 0 Å². The zero-order valence-electron chi connectivity index (χ0n) is 17.7. The number of methoxy groups -OCH3 is 1. The first-order valence-corrected chi connectivity index (χ1v) is 10.1. The van der Waals surface area contributed by atoms with E-state index in [-0.39, 0.29) is 5.60 Å². The van der Waals surface area contributed by atoms with Crippen LogP contribution in [0.5, 0.6) is 0 Å². The second-order valence-electron chi connectivity index (χ2n) is 9.57. The third kappa shape index (κ3) is 7.51. The number of likely N-dealkylation sites (N-methyl/N-ethyl adjacent to an activating group) is 1. The Bertz CT molecular complexity index is 383. The molecule has 2 rings (SSSR count). The van der Waals surface area contributed by atoms with Crippen LogP contribution in [0.1, 0.15) is 34.1 Å². The number of rotatable bonds is 8. The van der Waals surface area contributed by atoms with E-state index in [1.165, 1.54) is 72.0 Å². The summed E-state index contributed by atoms with van der Waals surface area (Å²) >= 11 is 0. The lowest BCUT2D eigenvalue weighted by atomic mass is 9.81. The molecule has 0 unspecified atom stereocenters. The average molecular weight is 355 g/mol. The van der Waals surface area contributed by atoms with Gasteiger partial charge in [-0.15, -0.1) is 0 Å².